The van der Waals surface area contributed by atoms with Gasteiger partial charge in [-0.3, -0.25) is 4.79 Å². The Morgan fingerprint density at radius 3 is 3.04 bits per heavy atom. The van der Waals surface area contributed by atoms with E-state index in [9.17, 15) is 4.79 Å². The summed E-state index contributed by atoms with van der Waals surface area (Å²) in [4.78, 5) is 16.2. The first-order chi connectivity index (χ1) is 11.7. The summed E-state index contributed by atoms with van der Waals surface area (Å²) in [6, 6.07) is 13.1. The van der Waals surface area contributed by atoms with E-state index >= 15 is 0 Å². The molecule has 0 saturated carbocycles. The molecular formula is C17H16N4O2S. The number of nitrogens with two attached hydrogens (primary N) is 1. The zero-order valence-corrected chi connectivity index (χ0v) is 13.8. The van der Waals surface area contributed by atoms with Crippen molar-refractivity contribution in [2.45, 2.75) is 6.42 Å². The molecule has 0 saturated heterocycles. The third-order valence-electron chi connectivity index (χ3n) is 3.37. The quantitative estimate of drug-likeness (QED) is 0.552. The van der Waals surface area contributed by atoms with E-state index in [4.69, 9.17) is 10.5 Å². The van der Waals surface area contributed by atoms with Crippen LogP contribution in [-0.4, -0.2) is 24.2 Å². The van der Waals surface area contributed by atoms with Gasteiger partial charge in [0.2, 0.25) is 5.91 Å². The van der Waals surface area contributed by atoms with Gasteiger partial charge in [0.05, 0.1) is 30.0 Å². The van der Waals surface area contributed by atoms with E-state index < -0.39 is 0 Å². The summed E-state index contributed by atoms with van der Waals surface area (Å²) in [5, 5.41) is 4.50. The summed E-state index contributed by atoms with van der Waals surface area (Å²) >= 11 is 1.40. The molecule has 0 bridgehead atoms. The fourth-order valence-corrected chi connectivity index (χ4v) is 3.07. The van der Waals surface area contributed by atoms with Gasteiger partial charge >= 0.3 is 0 Å². The zero-order valence-electron chi connectivity index (χ0n) is 13.0. The van der Waals surface area contributed by atoms with E-state index in [2.05, 4.69) is 15.5 Å². The zero-order chi connectivity index (χ0) is 16.9. The molecule has 3 aromatic rings. The van der Waals surface area contributed by atoms with Gasteiger partial charge in [0.15, 0.2) is 5.13 Å². The molecule has 0 aliphatic rings. The second kappa shape index (κ2) is 7.10. The van der Waals surface area contributed by atoms with Gasteiger partial charge in [0, 0.05) is 5.56 Å². The minimum Gasteiger partial charge on any atom is -0.496 e. The Morgan fingerprint density at radius 1 is 1.38 bits per heavy atom. The summed E-state index contributed by atoms with van der Waals surface area (Å²) in [6.07, 6.45) is 1.79. The number of hydrogen-bond acceptors (Lipinski definition) is 6. The normalized spacial score (nSPS) is 11.0. The standard InChI is InChI=1S/C17H16N4O2S/c1-23-14-5-3-2-4-12(14)10-19-21-16(22)9-11-6-7-13-15(8-11)24-17(18)20-13/h2-8,10H,9H2,1H3,(H2,18,20)(H,21,22)/b19-10-. The number of nitrogens with zero attached hydrogens (tertiary/aromatic N) is 2. The predicted molar refractivity (Wildman–Crippen MR) is 96.5 cm³/mol. The molecule has 1 amide bonds. The lowest BCUT2D eigenvalue weighted by atomic mass is 10.1. The van der Waals surface area contributed by atoms with E-state index in [1.807, 2.05) is 42.5 Å². The van der Waals surface area contributed by atoms with Crippen molar-refractivity contribution in [3.63, 3.8) is 0 Å². The molecule has 24 heavy (non-hydrogen) atoms. The molecule has 0 unspecified atom stereocenters. The van der Waals surface area contributed by atoms with Gasteiger partial charge in [-0.25, -0.2) is 10.4 Å². The van der Waals surface area contributed by atoms with Crippen LogP contribution >= 0.6 is 11.3 Å². The highest BCUT2D eigenvalue weighted by Crippen LogP contribution is 2.24. The van der Waals surface area contributed by atoms with Crippen molar-refractivity contribution < 1.29 is 9.53 Å². The number of hydrogen-bond donors (Lipinski definition) is 2. The molecule has 0 radical (unpaired) electrons. The highest BCUT2D eigenvalue weighted by atomic mass is 32.1. The van der Waals surface area contributed by atoms with Crippen LogP contribution in [0.1, 0.15) is 11.1 Å². The molecule has 0 atom stereocenters. The fraction of sp³-hybridized carbons (Fsp3) is 0.118. The van der Waals surface area contributed by atoms with Crippen molar-refractivity contribution in [3.05, 3.63) is 53.6 Å². The first-order valence-corrected chi connectivity index (χ1v) is 8.07. The predicted octanol–water partition coefficient (Wildman–Crippen LogP) is 2.58. The van der Waals surface area contributed by atoms with E-state index in [1.54, 1.807) is 13.3 Å². The number of nitrogen functional groups attached to an aromatic ring is 1. The van der Waals surface area contributed by atoms with Crippen LogP contribution in [0.2, 0.25) is 0 Å². The number of aromatic nitrogens is 1. The van der Waals surface area contributed by atoms with Crippen LogP contribution < -0.4 is 15.9 Å². The molecular weight excluding hydrogens is 324 g/mol. The topological polar surface area (TPSA) is 89.6 Å². The number of carbonyl (C=O) groups excluding carboxylic acids is 1. The lowest BCUT2D eigenvalue weighted by Gasteiger charge is -2.03. The average Bonchev–Trinajstić information content (AvgIpc) is 2.94. The number of amides is 1. The second-order valence-electron chi connectivity index (χ2n) is 5.07. The van der Waals surface area contributed by atoms with E-state index in [0.717, 1.165) is 21.3 Å². The molecule has 3 N–H and O–H groups in total. The number of benzene rings is 2. The summed E-state index contributed by atoms with van der Waals surface area (Å²) in [6.45, 7) is 0. The second-order valence-corrected chi connectivity index (χ2v) is 6.13. The van der Waals surface area contributed by atoms with Gasteiger partial charge in [-0.15, -0.1) is 0 Å². The average molecular weight is 340 g/mol. The highest BCUT2D eigenvalue weighted by Gasteiger charge is 2.06. The molecule has 1 heterocycles. The Balaban J connectivity index is 1.63. The number of nitrogens with one attached hydrogen (secondary N) is 1. The molecule has 0 spiro atoms. The molecule has 0 fully saturated rings. The van der Waals surface area contributed by atoms with Gasteiger partial charge in [0.25, 0.3) is 0 Å². The Hall–Kier alpha value is -2.93. The summed E-state index contributed by atoms with van der Waals surface area (Å²) < 4.78 is 6.19. The number of ether oxygens (including phenoxy) is 1. The van der Waals surface area contributed by atoms with Crippen LogP contribution in [0.5, 0.6) is 5.75 Å². The number of fused-ring (bicyclic) bond motifs is 1. The first-order valence-electron chi connectivity index (χ1n) is 7.25. The monoisotopic (exact) mass is 340 g/mol. The van der Waals surface area contributed by atoms with Gasteiger partial charge in [0.1, 0.15) is 5.75 Å². The molecule has 6 nitrogen and oxygen atoms in total. The summed E-state index contributed by atoms with van der Waals surface area (Å²) in [5.41, 5.74) is 10.7. The highest BCUT2D eigenvalue weighted by molar-refractivity contribution is 7.22. The molecule has 7 heteroatoms. The SMILES string of the molecule is COc1ccccc1/C=N\NC(=O)Cc1ccc2nc(N)sc2c1. The maximum atomic E-state index is 12.0. The van der Waals surface area contributed by atoms with Gasteiger partial charge < -0.3 is 10.5 Å². The number of para-hydroxylation sites is 1. The third kappa shape index (κ3) is 3.69. The van der Waals surface area contributed by atoms with Crippen molar-refractivity contribution in [1.82, 2.24) is 10.4 Å². The van der Waals surface area contributed by atoms with Crippen LogP contribution in [0.25, 0.3) is 10.2 Å². The Morgan fingerprint density at radius 2 is 2.21 bits per heavy atom. The van der Waals surface area contributed by atoms with Crippen molar-refractivity contribution in [1.29, 1.82) is 0 Å². The number of hydrazone groups is 1. The first kappa shape index (κ1) is 15.9. The summed E-state index contributed by atoms with van der Waals surface area (Å²) in [5.74, 6) is 0.502. The minimum absolute atomic E-state index is 0.196. The number of carbonyl (C=O) groups is 1. The number of thiazole rings is 1. The Bertz CT molecular complexity index is 904. The third-order valence-corrected chi connectivity index (χ3v) is 4.21. The Labute approximate surface area is 143 Å². The maximum Gasteiger partial charge on any atom is 0.244 e. The van der Waals surface area contributed by atoms with Crippen molar-refractivity contribution in [3.8, 4) is 5.75 Å². The smallest absolute Gasteiger partial charge is 0.244 e. The lowest BCUT2D eigenvalue weighted by molar-refractivity contribution is -0.120. The van der Waals surface area contributed by atoms with Crippen LogP contribution in [0.4, 0.5) is 5.13 Å². The van der Waals surface area contributed by atoms with Crippen LogP contribution in [-0.2, 0) is 11.2 Å². The number of anilines is 1. The number of rotatable bonds is 5. The van der Waals surface area contributed by atoms with Crippen molar-refractivity contribution in [2.24, 2.45) is 5.10 Å². The maximum absolute atomic E-state index is 12.0. The lowest BCUT2D eigenvalue weighted by Crippen LogP contribution is -2.19. The molecule has 0 aliphatic heterocycles. The van der Waals surface area contributed by atoms with E-state index in [-0.39, 0.29) is 12.3 Å². The van der Waals surface area contributed by atoms with Crippen LogP contribution in [0.3, 0.4) is 0 Å². The minimum atomic E-state index is -0.196. The molecule has 0 aliphatic carbocycles. The number of methoxy groups -OCH3 is 1. The van der Waals surface area contributed by atoms with Gasteiger partial charge in [-0.2, -0.15) is 5.10 Å². The summed E-state index contributed by atoms with van der Waals surface area (Å²) in [7, 11) is 1.59. The fourth-order valence-electron chi connectivity index (χ4n) is 2.27. The van der Waals surface area contributed by atoms with Crippen molar-refractivity contribution >= 4 is 38.8 Å². The van der Waals surface area contributed by atoms with Gasteiger partial charge in [-0.05, 0) is 29.8 Å². The molecule has 1 aromatic heterocycles. The van der Waals surface area contributed by atoms with Crippen LogP contribution in [0, 0.1) is 0 Å². The van der Waals surface area contributed by atoms with E-state index in [1.165, 1.54) is 11.3 Å². The van der Waals surface area contributed by atoms with Crippen LogP contribution in [0.15, 0.2) is 47.6 Å². The van der Waals surface area contributed by atoms with Gasteiger partial charge in [-0.1, -0.05) is 29.5 Å². The molecule has 2 aromatic carbocycles. The molecule has 3 rings (SSSR count). The Kier molecular flexibility index (Phi) is 4.72. The molecule has 122 valence electrons. The van der Waals surface area contributed by atoms with E-state index in [0.29, 0.717) is 10.9 Å². The largest absolute Gasteiger partial charge is 0.496 e. The van der Waals surface area contributed by atoms with Crippen molar-refractivity contribution in [2.75, 3.05) is 12.8 Å².